The van der Waals surface area contributed by atoms with Crippen LogP contribution in [-0.2, 0) is 10.5 Å². The molecule has 84 valence electrons. The number of ether oxygens (including phenoxy) is 1. The maximum atomic E-state index is 5.07. The fourth-order valence-corrected chi connectivity index (χ4v) is 1.97. The van der Waals surface area contributed by atoms with E-state index in [-0.39, 0.29) is 0 Å². The molecule has 1 unspecified atom stereocenters. The van der Waals surface area contributed by atoms with Crippen molar-refractivity contribution in [2.24, 2.45) is 0 Å². The molecule has 0 fully saturated rings. The van der Waals surface area contributed by atoms with Gasteiger partial charge in [-0.3, -0.25) is 0 Å². The average Bonchev–Trinajstić information content (AvgIpc) is 2.22. The molecule has 0 amide bonds. The molecule has 0 radical (unpaired) electrons. The number of rotatable bonds is 6. The van der Waals surface area contributed by atoms with Crippen LogP contribution in [0.15, 0.2) is 24.3 Å². The number of nitrogens with one attached hydrogen (secondary N) is 1. The van der Waals surface area contributed by atoms with Crippen LogP contribution in [0.3, 0.4) is 0 Å². The summed E-state index contributed by atoms with van der Waals surface area (Å²) in [5, 5.41) is 3.38. The maximum Gasteiger partial charge on any atom is 0.0661 e. The van der Waals surface area contributed by atoms with Crippen molar-refractivity contribution in [3.8, 4) is 0 Å². The van der Waals surface area contributed by atoms with Gasteiger partial charge in [-0.1, -0.05) is 12.1 Å². The van der Waals surface area contributed by atoms with Gasteiger partial charge in [-0.15, -0.1) is 0 Å². The third kappa shape index (κ3) is 4.58. The van der Waals surface area contributed by atoms with Crippen molar-refractivity contribution >= 4 is 17.4 Å². The van der Waals surface area contributed by atoms with Gasteiger partial charge in [0.15, 0.2) is 0 Å². The van der Waals surface area contributed by atoms with E-state index in [1.165, 1.54) is 5.56 Å². The largest absolute Gasteiger partial charge is 0.383 e. The molecular formula is C12H19NOS. The lowest BCUT2D eigenvalue weighted by molar-refractivity contribution is 0.190. The Morgan fingerprint density at radius 1 is 1.33 bits per heavy atom. The molecule has 2 nitrogen and oxygen atoms in total. The predicted molar refractivity (Wildman–Crippen MR) is 68.6 cm³/mol. The summed E-state index contributed by atoms with van der Waals surface area (Å²) in [5.41, 5.74) is 2.52. The second-order valence-corrected chi connectivity index (χ2v) is 4.50. The number of thioether (sulfide) groups is 1. The minimum Gasteiger partial charge on any atom is -0.383 e. The second kappa shape index (κ2) is 6.75. The molecule has 0 aliphatic heterocycles. The Hall–Kier alpha value is -0.670. The highest BCUT2D eigenvalue weighted by atomic mass is 32.2. The quantitative estimate of drug-likeness (QED) is 0.804. The standard InChI is InChI=1S/C12H19NOS/c1-10(8-14-2)13-12-6-4-11(5-7-12)9-15-3/h4-7,10,13H,8-9H2,1-3H3. The minimum atomic E-state index is 0.349. The first-order valence-corrected chi connectivity index (χ1v) is 6.49. The highest BCUT2D eigenvalue weighted by Crippen LogP contribution is 2.14. The summed E-state index contributed by atoms with van der Waals surface area (Å²) in [5.74, 6) is 1.08. The molecule has 1 N–H and O–H groups in total. The summed E-state index contributed by atoms with van der Waals surface area (Å²) in [4.78, 5) is 0. The summed E-state index contributed by atoms with van der Waals surface area (Å²) in [6.07, 6.45) is 2.12. The Bertz CT molecular complexity index is 273. The molecule has 0 aliphatic rings. The normalized spacial score (nSPS) is 12.5. The van der Waals surface area contributed by atoms with Gasteiger partial charge in [0.25, 0.3) is 0 Å². The number of anilines is 1. The van der Waals surface area contributed by atoms with Gasteiger partial charge >= 0.3 is 0 Å². The van der Waals surface area contributed by atoms with Gasteiger partial charge in [0.2, 0.25) is 0 Å². The van der Waals surface area contributed by atoms with Crippen molar-refractivity contribution in [3.05, 3.63) is 29.8 Å². The Kier molecular flexibility index (Phi) is 5.58. The Balaban J connectivity index is 2.48. The molecular weight excluding hydrogens is 206 g/mol. The van der Waals surface area contributed by atoms with Crippen molar-refractivity contribution < 1.29 is 4.74 Å². The molecule has 0 aliphatic carbocycles. The minimum absolute atomic E-state index is 0.349. The fraction of sp³-hybridized carbons (Fsp3) is 0.500. The van der Waals surface area contributed by atoms with Crippen LogP contribution in [0.5, 0.6) is 0 Å². The molecule has 0 saturated heterocycles. The molecule has 1 aromatic carbocycles. The second-order valence-electron chi connectivity index (χ2n) is 3.63. The van der Waals surface area contributed by atoms with Crippen LogP contribution in [0.1, 0.15) is 12.5 Å². The van der Waals surface area contributed by atoms with Crippen LogP contribution >= 0.6 is 11.8 Å². The molecule has 0 heterocycles. The molecule has 0 aromatic heterocycles. The SMILES string of the molecule is COCC(C)Nc1ccc(CSC)cc1. The van der Waals surface area contributed by atoms with Gasteiger partial charge in [-0.2, -0.15) is 11.8 Å². The van der Waals surface area contributed by atoms with Crippen molar-refractivity contribution in [2.45, 2.75) is 18.7 Å². The van der Waals surface area contributed by atoms with E-state index in [0.29, 0.717) is 6.04 Å². The topological polar surface area (TPSA) is 21.3 Å². The highest BCUT2D eigenvalue weighted by molar-refractivity contribution is 7.97. The van der Waals surface area contributed by atoms with Crippen LogP contribution in [-0.4, -0.2) is 26.0 Å². The molecule has 15 heavy (non-hydrogen) atoms. The van der Waals surface area contributed by atoms with Crippen LogP contribution in [0.4, 0.5) is 5.69 Å². The summed E-state index contributed by atoms with van der Waals surface area (Å²) in [6.45, 7) is 2.84. The monoisotopic (exact) mass is 225 g/mol. The van der Waals surface area contributed by atoms with Crippen molar-refractivity contribution in [3.63, 3.8) is 0 Å². The molecule has 3 heteroatoms. The van der Waals surface area contributed by atoms with E-state index in [1.54, 1.807) is 7.11 Å². The molecule has 0 bridgehead atoms. The first kappa shape index (κ1) is 12.4. The number of methoxy groups -OCH3 is 1. The lowest BCUT2D eigenvalue weighted by Gasteiger charge is -2.14. The third-order valence-electron chi connectivity index (χ3n) is 2.09. The number of hydrogen-bond donors (Lipinski definition) is 1. The zero-order valence-corrected chi connectivity index (χ0v) is 10.4. The van der Waals surface area contributed by atoms with Crippen molar-refractivity contribution in [2.75, 3.05) is 25.3 Å². The van der Waals surface area contributed by atoms with Crippen LogP contribution in [0.25, 0.3) is 0 Å². The average molecular weight is 225 g/mol. The van der Waals surface area contributed by atoms with E-state index in [4.69, 9.17) is 4.74 Å². The van der Waals surface area contributed by atoms with Crippen molar-refractivity contribution in [1.82, 2.24) is 0 Å². The smallest absolute Gasteiger partial charge is 0.0661 e. The molecule has 0 spiro atoms. The summed E-state index contributed by atoms with van der Waals surface area (Å²) < 4.78 is 5.07. The summed E-state index contributed by atoms with van der Waals surface area (Å²) in [6, 6.07) is 8.92. The fourth-order valence-electron chi connectivity index (χ4n) is 1.44. The molecule has 0 saturated carbocycles. The molecule has 1 aromatic rings. The molecule has 1 atom stereocenters. The lowest BCUT2D eigenvalue weighted by atomic mass is 10.2. The van der Waals surface area contributed by atoms with Gasteiger partial charge in [-0.25, -0.2) is 0 Å². The van der Waals surface area contributed by atoms with E-state index in [0.717, 1.165) is 18.0 Å². The van der Waals surface area contributed by atoms with Crippen molar-refractivity contribution in [1.29, 1.82) is 0 Å². The van der Waals surface area contributed by atoms with Gasteiger partial charge in [0.1, 0.15) is 0 Å². The number of hydrogen-bond acceptors (Lipinski definition) is 3. The Morgan fingerprint density at radius 2 is 2.00 bits per heavy atom. The van der Waals surface area contributed by atoms with Crippen LogP contribution in [0.2, 0.25) is 0 Å². The Labute approximate surface area is 96.4 Å². The predicted octanol–water partition coefficient (Wildman–Crippen LogP) is 3.00. The van der Waals surface area contributed by atoms with E-state index in [1.807, 2.05) is 11.8 Å². The lowest BCUT2D eigenvalue weighted by Crippen LogP contribution is -2.20. The first-order chi connectivity index (χ1) is 7.26. The van der Waals surface area contributed by atoms with Crippen LogP contribution in [0, 0.1) is 0 Å². The van der Waals surface area contributed by atoms with E-state index >= 15 is 0 Å². The Morgan fingerprint density at radius 3 is 2.53 bits per heavy atom. The van der Waals surface area contributed by atoms with E-state index in [9.17, 15) is 0 Å². The van der Waals surface area contributed by atoms with E-state index in [2.05, 4.69) is 42.8 Å². The van der Waals surface area contributed by atoms with Gasteiger partial charge < -0.3 is 10.1 Å². The number of benzene rings is 1. The first-order valence-electron chi connectivity index (χ1n) is 5.09. The zero-order valence-electron chi connectivity index (χ0n) is 9.62. The van der Waals surface area contributed by atoms with Gasteiger partial charge in [0, 0.05) is 24.6 Å². The third-order valence-corrected chi connectivity index (χ3v) is 2.72. The van der Waals surface area contributed by atoms with Gasteiger partial charge in [0.05, 0.1) is 6.61 Å². The maximum absolute atomic E-state index is 5.07. The zero-order chi connectivity index (χ0) is 11.1. The molecule has 1 rings (SSSR count). The summed E-state index contributed by atoms with van der Waals surface area (Å²) >= 11 is 1.84. The highest BCUT2D eigenvalue weighted by Gasteiger charge is 2.00. The van der Waals surface area contributed by atoms with Crippen LogP contribution < -0.4 is 5.32 Å². The van der Waals surface area contributed by atoms with E-state index < -0.39 is 0 Å². The van der Waals surface area contributed by atoms with Gasteiger partial charge in [-0.05, 0) is 30.9 Å². The summed E-state index contributed by atoms with van der Waals surface area (Å²) in [7, 11) is 1.72.